The summed E-state index contributed by atoms with van der Waals surface area (Å²) in [5, 5.41) is 2.30. The van der Waals surface area contributed by atoms with Gasteiger partial charge in [-0.3, -0.25) is 4.79 Å². The van der Waals surface area contributed by atoms with Gasteiger partial charge in [0.2, 0.25) is 10.9 Å². The number of amides is 1. The van der Waals surface area contributed by atoms with E-state index < -0.39 is 28.5 Å². The average molecular weight is 433 g/mol. The Hall–Kier alpha value is -2.85. The summed E-state index contributed by atoms with van der Waals surface area (Å²) >= 11 is 0. The van der Waals surface area contributed by atoms with Crippen molar-refractivity contribution in [2.75, 3.05) is 29.9 Å². The van der Waals surface area contributed by atoms with Gasteiger partial charge in [-0.05, 0) is 62.1 Å². The van der Waals surface area contributed by atoms with Gasteiger partial charge in [-0.15, -0.1) is 0 Å². The molecule has 2 aromatic rings. The molecule has 10 heteroatoms. The summed E-state index contributed by atoms with van der Waals surface area (Å²) in [4.78, 5) is 26.4. The van der Waals surface area contributed by atoms with Crippen LogP contribution >= 0.6 is 0 Å². The smallest absolute Gasteiger partial charge is 0.374 e. The minimum absolute atomic E-state index is 0.0800. The Labute approximate surface area is 174 Å². The number of carbonyl (C=O) groups is 2. The lowest BCUT2D eigenvalue weighted by Crippen LogP contribution is -2.25. The molecule has 1 saturated heterocycles. The number of benzene rings is 1. The summed E-state index contributed by atoms with van der Waals surface area (Å²) in [6.07, 6.45) is 3.93. The van der Waals surface area contributed by atoms with Gasteiger partial charge in [-0.1, -0.05) is 0 Å². The van der Waals surface area contributed by atoms with Crippen molar-refractivity contribution in [2.24, 2.45) is 0 Å². The molecular formula is C20H23N3O6S. The van der Waals surface area contributed by atoms with Gasteiger partial charge >= 0.3 is 5.97 Å². The van der Waals surface area contributed by atoms with E-state index >= 15 is 0 Å². The van der Waals surface area contributed by atoms with Crippen LogP contribution in [-0.2, 0) is 19.6 Å². The molecule has 2 fully saturated rings. The molecule has 2 heterocycles. The monoisotopic (exact) mass is 433 g/mol. The van der Waals surface area contributed by atoms with Crippen LogP contribution in [0.3, 0.4) is 0 Å². The molecule has 0 spiro atoms. The molecule has 1 aromatic carbocycles. The largest absolute Gasteiger partial charge is 0.450 e. The Kier molecular flexibility index (Phi) is 5.78. The molecule has 2 aliphatic rings. The summed E-state index contributed by atoms with van der Waals surface area (Å²) in [6, 6.07) is 9.78. The molecule has 2 N–H and O–H groups in total. The molecule has 9 nitrogen and oxygen atoms in total. The van der Waals surface area contributed by atoms with E-state index in [1.807, 2.05) is 12.1 Å². The number of furan rings is 1. The lowest BCUT2D eigenvalue weighted by molar-refractivity contribution is -0.119. The zero-order chi connectivity index (χ0) is 21.1. The maximum absolute atomic E-state index is 12.1. The fourth-order valence-electron chi connectivity index (χ4n) is 3.18. The average Bonchev–Trinajstić information content (AvgIpc) is 3.19. The first-order valence-corrected chi connectivity index (χ1v) is 11.3. The Bertz CT molecular complexity index is 1020. The number of rotatable bonds is 8. The van der Waals surface area contributed by atoms with E-state index in [0.717, 1.165) is 31.6 Å². The predicted molar refractivity (Wildman–Crippen MR) is 109 cm³/mol. The second-order valence-electron chi connectivity index (χ2n) is 7.38. The minimum atomic E-state index is -3.80. The van der Waals surface area contributed by atoms with Crippen molar-refractivity contribution in [3.8, 4) is 0 Å². The summed E-state index contributed by atoms with van der Waals surface area (Å²) in [5.74, 6) is -1.71. The predicted octanol–water partition coefficient (Wildman–Crippen LogP) is 2.12. The van der Waals surface area contributed by atoms with Crippen LogP contribution in [0.25, 0.3) is 0 Å². The number of anilines is 2. The van der Waals surface area contributed by atoms with Crippen LogP contribution in [0.4, 0.5) is 11.4 Å². The second-order valence-corrected chi connectivity index (χ2v) is 9.02. The van der Waals surface area contributed by atoms with E-state index in [1.54, 1.807) is 12.1 Å². The fraction of sp³-hybridized carbons (Fsp3) is 0.400. The number of sulfonamides is 1. The first-order chi connectivity index (χ1) is 14.4. The van der Waals surface area contributed by atoms with E-state index in [4.69, 9.17) is 9.15 Å². The summed E-state index contributed by atoms with van der Waals surface area (Å²) in [5.41, 5.74) is 1.70. The molecule has 160 valence electrons. The van der Waals surface area contributed by atoms with Crippen LogP contribution < -0.4 is 14.9 Å². The highest BCUT2D eigenvalue weighted by Gasteiger charge is 2.30. The van der Waals surface area contributed by atoms with E-state index in [-0.39, 0.29) is 16.9 Å². The Morgan fingerprint density at radius 1 is 1.07 bits per heavy atom. The Morgan fingerprint density at radius 2 is 1.77 bits per heavy atom. The summed E-state index contributed by atoms with van der Waals surface area (Å²) in [6.45, 7) is 1.55. The standard InChI is InChI=1S/C20H23N3O6S/c24-18(21-14-5-7-16(8-6-14)23-11-1-2-12-23)13-28-20(25)17-9-10-19(29-17)30(26,27)22-15-3-4-15/h5-10,15,22H,1-4,11-13H2,(H,21,24). The molecular weight excluding hydrogens is 410 g/mol. The molecule has 0 radical (unpaired) electrons. The maximum Gasteiger partial charge on any atom is 0.374 e. The first-order valence-electron chi connectivity index (χ1n) is 9.85. The highest BCUT2D eigenvalue weighted by atomic mass is 32.2. The number of nitrogens with zero attached hydrogens (tertiary/aromatic N) is 1. The number of ether oxygens (including phenoxy) is 1. The molecule has 1 aromatic heterocycles. The van der Waals surface area contributed by atoms with E-state index in [9.17, 15) is 18.0 Å². The van der Waals surface area contributed by atoms with Crippen molar-refractivity contribution in [1.29, 1.82) is 0 Å². The van der Waals surface area contributed by atoms with Crippen LogP contribution in [0.15, 0.2) is 45.9 Å². The minimum Gasteiger partial charge on any atom is -0.450 e. The highest BCUT2D eigenvalue weighted by Crippen LogP contribution is 2.24. The molecule has 0 bridgehead atoms. The second kappa shape index (κ2) is 8.49. The van der Waals surface area contributed by atoms with Gasteiger partial charge < -0.3 is 19.4 Å². The van der Waals surface area contributed by atoms with Crippen molar-refractivity contribution in [3.63, 3.8) is 0 Å². The maximum atomic E-state index is 12.1. The number of esters is 1. The molecule has 0 atom stereocenters. The first kappa shape index (κ1) is 20.4. The zero-order valence-electron chi connectivity index (χ0n) is 16.3. The van der Waals surface area contributed by atoms with Crippen molar-refractivity contribution < 1.29 is 27.2 Å². The topological polar surface area (TPSA) is 118 Å². The van der Waals surface area contributed by atoms with E-state index in [2.05, 4.69) is 14.9 Å². The quantitative estimate of drug-likeness (QED) is 0.612. The van der Waals surface area contributed by atoms with Crippen LogP contribution in [0.2, 0.25) is 0 Å². The normalized spacial score (nSPS) is 16.5. The summed E-state index contributed by atoms with van der Waals surface area (Å²) < 4.78 is 36.6. The highest BCUT2D eigenvalue weighted by molar-refractivity contribution is 7.89. The molecule has 0 unspecified atom stereocenters. The van der Waals surface area contributed by atoms with Crippen molar-refractivity contribution in [1.82, 2.24) is 4.72 Å². The summed E-state index contributed by atoms with van der Waals surface area (Å²) in [7, 11) is -3.80. The third-order valence-electron chi connectivity index (χ3n) is 4.90. The van der Waals surface area contributed by atoms with E-state index in [0.29, 0.717) is 5.69 Å². The van der Waals surface area contributed by atoms with Gasteiger partial charge in [0.15, 0.2) is 6.61 Å². The van der Waals surface area contributed by atoms with Gasteiger partial charge in [0.1, 0.15) is 0 Å². The number of hydrogen-bond acceptors (Lipinski definition) is 7. The molecule has 4 rings (SSSR count). The third-order valence-corrected chi connectivity index (χ3v) is 6.30. The molecule has 1 saturated carbocycles. The van der Waals surface area contributed by atoms with Crippen LogP contribution in [0.1, 0.15) is 36.2 Å². The lowest BCUT2D eigenvalue weighted by atomic mass is 10.2. The molecule has 1 aliphatic carbocycles. The van der Waals surface area contributed by atoms with Crippen molar-refractivity contribution in [3.05, 3.63) is 42.2 Å². The van der Waals surface area contributed by atoms with Crippen molar-refractivity contribution >= 4 is 33.3 Å². The van der Waals surface area contributed by atoms with Gasteiger partial charge in [-0.25, -0.2) is 17.9 Å². The van der Waals surface area contributed by atoms with Crippen molar-refractivity contribution in [2.45, 2.75) is 36.8 Å². The van der Waals surface area contributed by atoms with Gasteiger partial charge in [0, 0.05) is 30.5 Å². The molecule has 1 amide bonds. The number of hydrogen-bond donors (Lipinski definition) is 2. The Morgan fingerprint density at radius 3 is 2.43 bits per heavy atom. The SMILES string of the molecule is O=C(COC(=O)c1ccc(S(=O)(=O)NC2CC2)o1)Nc1ccc(N2CCCC2)cc1. The van der Waals surface area contributed by atoms with Crippen LogP contribution in [0.5, 0.6) is 0 Å². The van der Waals surface area contributed by atoms with Gasteiger partial charge in [0.25, 0.3) is 15.9 Å². The number of carbonyl (C=O) groups excluding carboxylic acids is 2. The molecule has 1 aliphatic heterocycles. The van der Waals surface area contributed by atoms with Crippen LogP contribution in [-0.4, -0.2) is 46.0 Å². The Balaban J connectivity index is 1.27. The van der Waals surface area contributed by atoms with Gasteiger partial charge in [-0.2, -0.15) is 0 Å². The van der Waals surface area contributed by atoms with Crippen LogP contribution in [0, 0.1) is 0 Å². The zero-order valence-corrected chi connectivity index (χ0v) is 17.1. The number of nitrogens with one attached hydrogen (secondary N) is 2. The lowest BCUT2D eigenvalue weighted by Gasteiger charge is -2.17. The van der Waals surface area contributed by atoms with Gasteiger partial charge in [0.05, 0.1) is 0 Å². The molecule has 30 heavy (non-hydrogen) atoms. The van der Waals surface area contributed by atoms with E-state index in [1.165, 1.54) is 25.0 Å². The third kappa shape index (κ3) is 5.00. The fourth-order valence-corrected chi connectivity index (χ4v) is 4.42.